The maximum Gasteiger partial charge on any atom is 0.221 e. The van der Waals surface area contributed by atoms with Crippen LogP contribution in [-0.2, 0) is 6.54 Å². The average Bonchev–Trinajstić information content (AvgIpc) is 3.30. The highest BCUT2D eigenvalue weighted by Crippen LogP contribution is 2.20. The lowest BCUT2D eigenvalue weighted by Gasteiger charge is -2.08. The van der Waals surface area contributed by atoms with Crippen LogP contribution < -0.4 is 0 Å². The van der Waals surface area contributed by atoms with Gasteiger partial charge >= 0.3 is 0 Å². The van der Waals surface area contributed by atoms with Crippen molar-refractivity contribution in [3.63, 3.8) is 0 Å². The van der Waals surface area contributed by atoms with Crippen molar-refractivity contribution in [1.82, 2.24) is 9.55 Å². The van der Waals surface area contributed by atoms with Crippen LogP contribution in [0.15, 0.2) is 81.9 Å². The van der Waals surface area contributed by atoms with E-state index in [1.807, 2.05) is 53.1 Å². The zero-order chi connectivity index (χ0) is 17.9. The van der Waals surface area contributed by atoms with Gasteiger partial charge in [-0.2, -0.15) is 0 Å². The Hall–Kier alpha value is -2.92. The molecule has 0 amide bonds. The minimum Gasteiger partial charge on any atom is -0.465 e. The van der Waals surface area contributed by atoms with Gasteiger partial charge in [0, 0.05) is 11.0 Å². The molecule has 0 fully saturated rings. The number of halogens is 1. The number of carbonyl (C=O) groups excluding carboxylic acids is 1. The van der Waals surface area contributed by atoms with Gasteiger partial charge in [-0.25, -0.2) is 4.98 Å². The Morgan fingerprint density at radius 1 is 1.08 bits per heavy atom. The van der Waals surface area contributed by atoms with Crippen LogP contribution >= 0.6 is 15.9 Å². The Morgan fingerprint density at radius 2 is 1.88 bits per heavy atom. The van der Waals surface area contributed by atoms with Gasteiger partial charge in [0.05, 0.1) is 17.3 Å². The molecule has 0 saturated carbocycles. The van der Waals surface area contributed by atoms with E-state index in [1.54, 1.807) is 24.5 Å². The first-order valence-electron chi connectivity index (χ1n) is 8.16. The highest BCUT2D eigenvalue weighted by atomic mass is 79.9. The van der Waals surface area contributed by atoms with Gasteiger partial charge < -0.3 is 8.98 Å². The van der Waals surface area contributed by atoms with Crippen LogP contribution in [0.3, 0.4) is 0 Å². The summed E-state index contributed by atoms with van der Waals surface area (Å²) in [4.78, 5) is 17.3. The number of carbonyl (C=O) groups is 1. The molecule has 0 aliphatic carbocycles. The molecule has 2 aromatic heterocycles. The molecule has 0 unspecified atom stereocenters. The van der Waals surface area contributed by atoms with Crippen molar-refractivity contribution in [2.24, 2.45) is 0 Å². The number of hydrogen-bond donors (Lipinski definition) is 0. The number of allylic oxidation sites excluding steroid dienone is 1. The molecule has 0 radical (unpaired) electrons. The molecule has 2 aromatic carbocycles. The number of fused-ring (bicyclic) bond motifs is 1. The van der Waals surface area contributed by atoms with Gasteiger partial charge in [0.1, 0.15) is 5.76 Å². The van der Waals surface area contributed by atoms with Crippen LogP contribution in [0.1, 0.15) is 21.9 Å². The molecule has 0 spiro atoms. The third kappa shape index (κ3) is 3.39. The number of para-hydroxylation sites is 2. The van der Waals surface area contributed by atoms with E-state index in [0.717, 1.165) is 21.1 Å². The molecule has 2 heterocycles. The van der Waals surface area contributed by atoms with Crippen molar-refractivity contribution < 1.29 is 9.21 Å². The molecule has 4 aromatic rings. The van der Waals surface area contributed by atoms with Crippen LogP contribution in [0.2, 0.25) is 0 Å². The fourth-order valence-corrected chi connectivity index (χ4v) is 3.08. The summed E-state index contributed by atoms with van der Waals surface area (Å²) in [5, 5.41) is 0. The summed E-state index contributed by atoms with van der Waals surface area (Å²) in [7, 11) is 0. The second-order valence-electron chi connectivity index (χ2n) is 5.85. The minimum atomic E-state index is -0.158. The van der Waals surface area contributed by atoms with Crippen molar-refractivity contribution in [3.8, 4) is 0 Å². The largest absolute Gasteiger partial charge is 0.465 e. The highest BCUT2D eigenvalue weighted by Gasteiger charge is 2.16. The molecule has 0 saturated heterocycles. The zero-order valence-corrected chi connectivity index (χ0v) is 15.4. The Balaban J connectivity index is 1.73. The van der Waals surface area contributed by atoms with E-state index in [-0.39, 0.29) is 5.78 Å². The molecule has 26 heavy (non-hydrogen) atoms. The SMILES string of the molecule is O=C(/C=C/c1ccco1)c1nc2ccccc2n1Cc1ccc(Br)cc1. The van der Waals surface area contributed by atoms with Gasteiger partial charge in [0.25, 0.3) is 0 Å². The lowest BCUT2D eigenvalue weighted by Crippen LogP contribution is -2.09. The van der Waals surface area contributed by atoms with Crippen molar-refractivity contribution in [2.75, 3.05) is 0 Å². The van der Waals surface area contributed by atoms with Crippen LogP contribution in [0.4, 0.5) is 0 Å². The van der Waals surface area contributed by atoms with E-state index in [4.69, 9.17) is 4.42 Å². The van der Waals surface area contributed by atoms with Crippen molar-refractivity contribution in [2.45, 2.75) is 6.54 Å². The van der Waals surface area contributed by atoms with E-state index < -0.39 is 0 Å². The monoisotopic (exact) mass is 406 g/mol. The molecule has 0 atom stereocenters. The van der Waals surface area contributed by atoms with E-state index in [1.165, 1.54) is 6.08 Å². The quantitative estimate of drug-likeness (QED) is 0.332. The summed E-state index contributed by atoms with van der Waals surface area (Å²) >= 11 is 3.45. The first-order chi connectivity index (χ1) is 12.7. The average molecular weight is 407 g/mol. The van der Waals surface area contributed by atoms with E-state index in [2.05, 4.69) is 20.9 Å². The molecule has 0 aliphatic rings. The Kier molecular flexibility index (Phi) is 4.54. The second kappa shape index (κ2) is 7.14. The summed E-state index contributed by atoms with van der Waals surface area (Å²) in [6.45, 7) is 0.573. The highest BCUT2D eigenvalue weighted by molar-refractivity contribution is 9.10. The number of ketones is 1. The molecule has 128 valence electrons. The second-order valence-corrected chi connectivity index (χ2v) is 6.77. The molecule has 0 N–H and O–H groups in total. The van der Waals surface area contributed by atoms with E-state index in [0.29, 0.717) is 18.1 Å². The predicted molar refractivity (Wildman–Crippen MR) is 105 cm³/mol. The standard InChI is InChI=1S/C21H15BrN2O2/c22-16-9-7-15(8-10-16)14-24-19-6-2-1-5-18(19)23-21(24)20(25)12-11-17-4-3-13-26-17/h1-13H,14H2/b12-11+. The van der Waals surface area contributed by atoms with Gasteiger partial charge in [0.2, 0.25) is 5.78 Å². The van der Waals surface area contributed by atoms with Gasteiger partial charge in [0.15, 0.2) is 5.82 Å². The third-order valence-corrected chi connectivity index (χ3v) is 4.60. The maximum atomic E-state index is 12.8. The molecule has 0 bridgehead atoms. The van der Waals surface area contributed by atoms with Gasteiger partial charge in [-0.3, -0.25) is 4.79 Å². The summed E-state index contributed by atoms with van der Waals surface area (Å²) in [5.41, 5.74) is 2.84. The predicted octanol–water partition coefficient (Wildman–Crippen LogP) is 5.34. The molecule has 0 aliphatic heterocycles. The van der Waals surface area contributed by atoms with Crippen molar-refractivity contribution in [3.05, 3.63) is 94.6 Å². The maximum absolute atomic E-state index is 12.8. The number of hydrogen-bond acceptors (Lipinski definition) is 3. The first-order valence-corrected chi connectivity index (χ1v) is 8.95. The van der Waals surface area contributed by atoms with Crippen molar-refractivity contribution in [1.29, 1.82) is 0 Å². The van der Waals surface area contributed by atoms with Gasteiger partial charge in [-0.15, -0.1) is 0 Å². The molecular weight excluding hydrogens is 392 g/mol. The van der Waals surface area contributed by atoms with Crippen LogP contribution in [0.25, 0.3) is 17.1 Å². The smallest absolute Gasteiger partial charge is 0.221 e. The lowest BCUT2D eigenvalue weighted by atomic mass is 10.2. The van der Waals surface area contributed by atoms with E-state index >= 15 is 0 Å². The molecule has 4 rings (SSSR count). The van der Waals surface area contributed by atoms with Crippen molar-refractivity contribution >= 4 is 38.8 Å². The Morgan fingerprint density at radius 3 is 2.65 bits per heavy atom. The summed E-state index contributed by atoms with van der Waals surface area (Å²) < 4.78 is 8.22. The number of rotatable bonds is 5. The Labute approximate surface area is 158 Å². The normalized spacial score (nSPS) is 11.4. The topological polar surface area (TPSA) is 48.0 Å². The van der Waals surface area contributed by atoms with Gasteiger partial charge in [-0.1, -0.05) is 40.2 Å². The summed E-state index contributed by atoms with van der Waals surface area (Å²) in [6, 6.07) is 19.4. The number of nitrogens with zero attached hydrogens (tertiary/aromatic N) is 2. The number of imidazole rings is 1. The summed E-state index contributed by atoms with van der Waals surface area (Å²) in [6.07, 6.45) is 4.73. The first kappa shape index (κ1) is 16.5. The van der Waals surface area contributed by atoms with Crippen LogP contribution in [-0.4, -0.2) is 15.3 Å². The molecule has 5 heteroatoms. The van der Waals surface area contributed by atoms with E-state index in [9.17, 15) is 4.79 Å². The minimum absolute atomic E-state index is 0.158. The zero-order valence-electron chi connectivity index (χ0n) is 13.8. The number of furan rings is 1. The molecule has 4 nitrogen and oxygen atoms in total. The van der Waals surface area contributed by atoms with Crippen LogP contribution in [0, 0.1) is 0 Å². The summed E-state index contributed by atoms with van der Waals surface area (Å²) in [5.74, 6) is 0.889. The fourth-order valence-electron chi connectivity index (χ4n) is 2.81. The number of aromatic nitrogens is 2. The Bertz CT molecular complexity index is 1080. The lowest BCUT2D eigenvalue weighted by molar-refractivity contribution is 0.103. The fraction of sp³-hybridized carbons (Fsp3) is 0.0476. The van der Waals surface area contributed by atoms with Crippen LogP contribution in [0.5, 0.6) is 0 Å². The number of benzene rings is 2. The third-order valence-electron chi connectivity index (χ3n) is 4.07. The molecular formula is C21H15BrN2O2. The van der Waals surface area contributed by atoms with Gasteiger partial charge in [-0.05, 0) is 54.1 Å².